The maximum absolute atomic E-state index is 2.47. The van der Waals surface area contributed by atoms with Gasteiger partial charge in [0.1, 0.15) is 0 Å². The lowest BCUT2D eigenvalue weighted by Crippen LogP contribution is -2.18. The molecule has 0 amide bonds. The van der Waals surface area contributed by atoms with Crippen molar-refractivity contribution in [2.45, 2.75) is 243 Å². The van der Waals surface area contributed by atoms with Crippen molar-refractivity contribution in [3.05, 3.63) is 0 Å². The van der Waals surface area contributed by atoms with E-state index in [2.05, 4.69) is 27.7 Å². The molecule has 0 heterocycles. The van der Waals surface area contributed by atoms with E-state index in [0.29, 0.717) is 0 Å². The van der Waals surface area contributed by atoms with Crippen LogP contribution in [0.3, 0.4) is 0 Å². The van der Waals surface area contributed by atoms with E-state index >= 15 is 0 Å². The molecule has 0 aromatic carbocycles. The van der Waals surface area contributed by atoms with Crippen molar-refractivity contribution >= 4 is 0 Å². The fourth-order valence-electron chi connectivity index (χ4n) is 7.93. The first-order chi connectivity index (χ1) is 21.0. The fourth-order valence-corrected chi connectivity index (χ4v) is 7.93. The first-order valence-electron chi connectivity index (χ1n) is 21.0. The van der Waals surface area contributed by atoms with Gasteiger partial charge in [-0.25, -0.2) is 0 Å². The van der Waals surface area contributed by atoms with Crippen molar-refractivity contribution in [2.75, 3.05) is 0 Å². The number of hydrogen-bond donors (Lipinski definition) is 0. The van der Waals surface area contributed by atoms with E-state index in [1.54, 1.807) is 25.7 Å². The van der Waals surface area contributed by atoms with Crippen LogP contribution in [0.2, 0.25) is 0 Å². The molecule has 0 radical (unpaired) electrons. The minimum Gasteiger partial charge on any atom is -0.0683 e. The molecule has 4 aliphatic rings. The highest BCUT2D eigenvalue weighted by Gasteiger charge is 2.23. The normalized spacial score (nSPS) is 28.3. The Morgan fingerprint density at radius 1 is 0.209 bits per heavy atom. The number of rotatable bonds is 1. The molecule has 0 aliphatic heterocycles. The molecule has 0 bridgehead atoms. The Morgan fingerprint density at radius 2 is 0.372 bits per heavy atom. The van der Waals surface area contributed by atoms with Crippen LogP contribution in [0.4, 0.5) is 0 Å². The van der Waals surface area contributed by atoms with Crippen molar-refractivity contribution in [2.24, 2.45) is 35.5 Å². The minimum absolute atomic E-state index is 0.997. The van der Waals surface area contributed by atoms with Crippen LogP contribution >= 0.6 is 0 Å². The molecule has 0 heteroatoms. The molecule has 0 saturated heterocycles. The smallest absolute Gasteiger partial charge is 0.0386 e. The van der Waals surface area contributed by atoms with Crippen LogP contribution in [0.15, 0.2) is 0 Å². The molecule has 4 aliphatic carbocycles. The van der Waals surface area contributed by atoms with Gasteiger partial charge in [0.2, 0.25) is 0 Å². The minimum atomic E-state index is 0.997. The third-order valence-electron chi connectivity index (χ3n) is 10.8. The Morgan fingerprint density at radius 3 is 0.651 bits per heavy atom. The third-order valence-corrected chi connectivity index (χ3v) is 10.8. The Balaban J connectivity index is 0. The van der Waals surface area contributed by atoms with Crippen molar-refractivity contribution in [3.63, 3.8) is 0 Å². The Kier molecular flexibility index (Phi) is 36.6. The molecular formula is C43H90. The summed E-state index contributed by atoms with van der Waals surface area (Å²) in [5.41, 5.74) is 0. The third kappa shape index (κ3) is 28.0. The van der Waals surface area contributed by atoms with Gasteiger partial charge in [-0.1, -0.05) is 243 Å². The lowest BCUT2D eigenvalue weighted by atomic mass is 9.76. The lowest BCUT2D eigenvalue weighted by molar-refractivity contribution is 0.219. The first kappa shape index (κ1) is 45.1. The average Bonchev–Trinajstić information content (AvgIpc) is 3.10. The average molecular weight is 607 g/mol. The van der Waals surface area contributed by atoms with E-state index in [-0.39, 0.29) is 0 Å². The highest BCUT2D eigenvalue weighted by atomic mass is 14.3. The summed E-state index contributed by atoms with van der Waals surface area (Å²) in [7, 11) is 0. The van der Waals surface area contributed by atoms with Gasteiger partial charge in [0.05, 0.1) is 0 Å². The summed E-state index contributed by atoms with van der Waals surface area (Å²) < 4.78 is 0. The molecular weight excluding hydrogens is 516 g/mol. The Bertz CT molecular complexity index is 448. The molecule has 0 aromatic rings. The summed E-state index contributed by atoms with van der Waals surface area (Å²) in [5.74, 6) is 6.20. The lowest BCUT2D eigenvalue weighted by Gasteiger charge is -2.30. The molecule has 43 heavy (non-hydrogen) atoms. The summed E-state index contributed by atoms with van der Waals surface area (Å²) in [4.78, 5) is 0. The fraction of sp³-hybridized carbons (Fsp3) is 1.00. The zero-order valence-electron chi connectivity index (χ0n) is 32.6. The van der Waals surface area contributed by atoms with Crippen LogP contribution in [-0.2, 0) is 0 Å². The SMILES string of the molecule is CC.CC.CC.CC1CCCCC(C2CCCC(C)CCC2)CCC1.CC1CCCCCCC1.CC1CCCCCCC1. The van der Waals surface area contributed by atoms with Gasteiger partial charge in [0.15, 0.2) is 0 Å². The maximum atomic E-state index is 2.47. The van der Waals surface area contributed by atoms with Gasteiger partial charge >= 0.3 is 0 Å². The summed E-state index contributed by atoms with van der Waals surface area (Å²) >= 11 is 0. The molecule has 0 aromatic heterocycles. The zero-order chi connectivity index (χ0) is 32.6. The Hall–Kier alpha value is 0. The van der Waals surface area contributed by atoms with E-state index < -0.39 is 0 Å². The summed E-state index contributed by atoms with van der Waals surface area (Å²) in [6.07, 6.45) is 40.6. The van der Waals surface area contributed by atoms with Crippen molar-refractivity contribution in [1.29, 1.82) is 0 Å². The van der Waals surface area contributed by atoms with Gasteiger partial charge in [0.25, 0.3) is 0 Å². The van der Waals surface area contributed by atoms with Crippen LogP contribution in [0.25, 0.3) is 0 Å². The topological polar surface area (TPSA) is 0 Å². The molecule has 2 atom stereocenters. The predicted molar refractivity (Wildman–Crippen MR) is 202 cm³/mol. The molecule has 262 valence electrons. The first-order valence-corrected chi connectivity index (χ1v) is 21.0. The van der Waals surface area contributed by atoms with Gasteiger partial charge in [-0.15, -0.1) is 0 Å². The molecule has 2 unspecified atom stereocenters. The van der Waals surface area contributed by atoms with E-state index in [1.165, 1.54) is 148 Å². The quantitative estimate of drug-likeness (QED) is 0.278. The molecule has 4 saturated carbocycles. The summed E-state index contributed by atoms with van der Waals surface area (Å²) in [6.45, 7) is 21.7. The van der Waals surface area contributed by atoms with Crippen molar-refractivity contribution < 1.29 is 0 Å². The van der Waals surface area contributed by atoms with Crippen LogP contribution in [0.5, 0.6) is 0 Å². The van der Waals surface area contributed by atoms with Crippen LogP contribution < -0.4 is 0 Å². The van der Waals surface area contributed by atoms with Gasteiger partial charge < -0.3 is 0 Å². The van der Waals surface area contributed by atoms with E-state index in [0.717, 1.165) is 35.5 Å². The second kappa shape index (κ2) is 34.9. The Labute approximate surface area is 277 Å². The van der Waals surface area contributed by atoms with E-state index in [1.807, 2.05) is 41.5 Å². The highest BCUT2D eigenvalue weighted by Crippen LogP contribution is 2.37. The predicted octanol–water partition coefficient (Wildman–Crippen LogP) is 16.4. The maximum Gasteiger partial charge on any atom is -0.0386 e. The standard InChI is InChI=1S/C19H36.2C9H18.3C2H6/c1-16-8-3-4-12-18(13-5-9-16)19-14-6-10-17(2)11-7-15-19;2*1-9-7-5-3-2-4-6-8-9;3*1-2/h16-19H,3-15H2,1-2H3;2*9H,2-8H2,1H3;3*1-2H3. The summed E-state index contributed by atoms with van der Waals surface area (Å²) in [6, 6.07) is 0. The molecule has 0 nitrogen and oxygen atoms in total. The van der Waals surface area contributed by atoms with Crippen molar-refractivity contribution in [3.8, 4) is 0 Å². The van der Waals surface area contributed by atoms with Gasteiger partial charge in [-0.2, -0.15) is 0 Å². The van der Waals surface area contributed by atoms with Crippen LogP contribution in [0.1, 0.15) is 243 Å². The van der Waals surface area contributed by atoms with Gasteiger partial charge in [-0.05, 0) is 35.5 Å². The monoisotopic (exact) mass is 607 g/mol. The number of hydrogen-bond acceptors (Lipinski definition) is 0. The molecule has 0 spiro atoms. The van der Waals surface area contributed by atoms with E-state index in [9.17, 15) is 0 Å². The van der Waals surface area contributed by atoms with Crippen LogP contribution in [-0.4, -0.2) is 0 Å². The second-order valence-electron chi connectivity index (χ2n) is 14.7. The van der Waals surface area contributed by atoms with E-state index in [4.69, 9.17) is 0 Å². The highest BCUT2D eigenvalue weighted by molar-refractivity contribution is 4.76. The second-order valence-corrected chi connectivity index (χ2v) is 14.7. The molecule has 4 rings (SSSR count). The van der Waals surface area contributed by atoms with Gasteiger partial charge in [-0.3, -0.25) is 0 Å². The van der Waals surface area contributed by atoms with Crippen LogP contribution in [0, 0.1) is 35.5 Å². The molecule has 0 N–H and O–H groups in total. The largest absolute Gasteiger partial charge is 0.0683 e. The molecule has 4 fully saturated rings. The summed E-state index contributed by atoms with van der Waals surface area (Å²) in [5, 5.41) is 0. The van der Waals surface area contributed by atoms with Gasteiger partial charge in [0, 0.05) is 0 Å². The van der Waals surface area contributed by atoms with Crippen molar-refractivity contribution in [1.82, 2.24) is 0 Å². The zero-order valence-corrected chi connectivity index (χ0v) is 32.6.